The lowest BCUT2D eigenvalue weighted by Gasteiger charge is -2.40. The van der Waals surface area contributed by atoms with E-state index in [9.17, 15) is 5.26 Å². The van der Waals surface area contributed by atoms with E-state index in [0.29, 0.717) is 18.0 Å². The Morgan fingerprint density at radius 2 is 2.06 bits per heavy atom. The molecule has 1 saturated heterocycles. The maximum absolute atomic E-state index is 9.71. The number of rotatable bonds is 5. The first-order valence-corrected chi connectivity index (χ1v) is 7.50. The van der Waals surface area contributed by atoms with Crippen molar-refractivity contribution < 1.29 is 0 Å². The largest absolute Gasteiger partial charge is 0.298 e. The van der Waals surface area contributed by atoms with E-state index in [4.69, 9.17) is 0 Å². The van der Waals surface area contributed by atoms with Crippen LogP contribution in [0.3, 0.4) is 0 Å². The van der Waals surface area contributed by atoms with E-state index in [1.165, 1.54) is 32.1 Å². The third-order valence-corrected chi connectivity index (χ3v) is 4.41. The normalized spacial score (nSPS) is 28.9. The van der Waals surface area contributed by atoms with Gasteiger partial charge in [0, 0.05) is 18.6 Å². The first-order valence-electron chi connectivity index (χ1n) is 7.50. The van der Waals surface area contributed by atoms with Gasteiger partial charge in [-0.05, 0) is 58.9 Å². The summed E-state index contributed by atoms with van der Waals surface area (Å²) in [6, 6.07) is 3.64. The zero-order valence-electron chi connectivity index (χ0n) is 12.1. The first kappa shape index (κ1) is 13.8. The molecule has 0 amide bonds. The van der Waals surface area contributed by atoms with Crippen molar-refractivity contribution in [2.24, 2.45) is 5.92 Å². The van der Waals surface area contributed by atoms with E-state index < -0.39 is 0 Å². The third-order valence-electron chi connectivity index (χ3n) is 4.41. The Balaban J connectivity index is 2.06. The quantitative estimate of drug-likeness (QED) is 0.814. The second-order valence-corrected chi connectivity index (χ2v) is 6.47. The van der Waals surface area contributed by atoms with Crippen LogP contribution in [0, 0.1) is 17.2 Å². The molecule has 0 radical (unpaired) electrons. The van der Waals surface area contributed by atoms with Crippen LogP contribution in [-0.2, 0) is 0 Å². The van der Waals surface area contributed by atoms with Gasteiger partial charge in [0.05, 0.1) is 6.07 Å². The maximum Gasteiger partial charge on any atom is 0.122 e. The van der Waals surface area contributed by atoms with Crippen LogP contribution in [0.4, 0.5) is 0 Å². The monoisotopic (exact) mass is 249 g/mol. The Kier molecular flexibility index (Phi) is 4.29. The summed E-state index contributed by atoms with van der Waals surface area (Å²) in [7, 11) is 0. The maximum atomic E-state index is 9.71. The van der Waals surface area contributed by atoms with Crippen molar-refractivity contribution in [2.75, 3.05) is 13.1 Å². The fourth-order valence-corrected chi connectivity index (χ4v) is 3.26. The molecule has 1 heterocycles. The zero-order valence-corrected chi connectivity index (χ0v) is 12.1. The highest BCUT2D eigenvalue weighted by Gasteiger charge is 2.47. The SMILES string of the molecule is CC(C)NC(C#N)(CN1CCCCC1C)C1CC1. The molecule has 1 saturated carbocycles. The Labute approximate surface area is 112 Å². The van der Waals surface area contributed by atoms with E-state index in [1.807, 2.05) is 0 Å². The van der Waals surface area contributed by atoms with E-state index in [1.54, 1.807) is 0 Å². The van der Waals surface area contributed by atoms with E-state index in [-0.39, 0.29) is 5.54 Å². The van der Waals surface area contributed by atoms with Crippen LogP contribution in [0.25, 0.3) is 0 Å². The molecule has 3 nitrogen and oxygen atoms in total. The molecule has 2 fully saturated rings. The number of nitriles is 1. The van der Waals surface area contributed by atoms with Gasteiger partial charge in [-0.2, -0.15) is 5.26 Å². The summed E-state index contributed by atoms with van der Waals surface area (Å²) in [5, 5.41) is 13.3. The van der Waals surface area contributed by atoms with Crippen LogP contribution in [0.5, 0.6) is 0 Å². The molecular weight excluding hydrogens is 222 g/mol. The molecule has 2 rings (SSSR count). The predicted octanol–water partition coefficient (Wildman–Crippen LogP) is 2.53. The van der Waals surface area contributed by atoms with E-state index in [2.05, 4.69) is 37.1 Å². The Morgan fingerprint density at radius 1 is 1.33 bits per heavy atom. The number of nitrogens with one attached hydrogen (secondary N) is 1. The number of nitrogens with zero attached hydrogens (tertiary/aromatic N) is 2. The van der Waals surface area contributed by atoms with Crippen molar-refractivity contribution in [3.05, 3.63) is 0 Å². The molecule has 18 heavy (non-hydrogen) atoms. The zero-order chi connectivity index (χ0) is 13.2. The van der Waals surface area contributed by atoms with Crippen LogP contribution in [0.15, 0.2) is 0 Å². The molecule has 0 bridgehead atoms. The van der Waals surface area contributed by atoms with Gasteiger partial charge in [-0.1, -0.05) is 6.42 Å². The summed E-state index contributed by atoms with van der Waals surface area (Å²) < 4.78 is 0. The van der Waals surface area contributed by atoms with Crippen LogP contribution in [0.2, 0.25) is 0 Å². The molecule has 0 aromatic carbocycles. The molecule has 3 heteroatoms. The van der Waals surface area contributed by atoms with Crippen LogP contribution in [-0.4, -0.2) is 35.6 Å². The number of hydrogen-bond acceptors (Lipinski definition) is 3. The van der Waals surface area contributed by atoms with Gasteiger partial charge in [0.1, 0.15) is 5.54 Å². The lowest BCUT2D eigenvalue weighted by molar-refractivity contribution is 0.116. The average molecular weight is 249 g/mol. The fraction of sp³-hybridized carbons (Fsp3) is 0.933. The predicted molar refractivity (Wildman–Crippen MR) is 74.2 cm³/mol. The van der Waals surface area contributed by atoms with Gasteiger partial charge in [0.15, 0.2) is 0 Å². The second kappa shape index (κ2) is 5.59. The molecule has 2 unspecified atom stereocenters. The van der Waals surface area contributed by atoms with Crippen molar-refractivity contribution in [3.63, 3.8) is 0 Å². The van der Waals surface area contributed by atoms with Crippen molar-refractivity contribution in [3.8, 4) is 6.07 Å². The Hall–Kier alpha value is -0.590. The smallest absolute Gasteiger partial charge is 0.122 e. The number of hydrogen-bond donors (Lipinski definition) is 1. The molecular formula is C15H27N3. The minimum absolute atomic E-state index is 0.306. The third kappa shape index (κ3) is 3.05. The van der Waals surface area contributed by atoms with E-state index in [0.717, 1.165) is 13.1 Å². The Bertz CT molecular complexity index is 316. The summed E-state index contributed by atoms with van der Waals surface area (Å²) in [5.74, 6) is 0.569. The van der Waals surface area contributed by atoms with Gasteiger partial charge in [-0.3, -0.25) is 10.2 Å². The summed E-state index contributed by atoms with van der Waals surface area (Å²) >= 11 is 0. The first-order chi connectivity index (χ1) is 8.57. The minimum Gasteiger partial charge on any atom is -0.298 e. The van der Waals surface area contributed by atoms with Gasteiger partial charge < -0.3 is 0 Å². The molecule has 1 aliphatic carbocycles. The lowest BCUT2D eigenvalue weighted by Crippen LogP contribution is -2.58. The molecule has 0 aromatic rings. The molecule has 102 valence electrons. The highest BCUT2D eigenvalue weighted by atomic mass is 15.2. The summed E-state index contributed by atoms with van der Waals surface area (Å²) in [5.41, 5.74) is -0.306. The lowest BCUT2D eigenvalue weighted by atomic mass is 9.91. The van der Waals surface area contributed by atoms with Crippen molar-refractivity contribution in [1.29, 1.82) is 5.26 Å². The van der Waals surface area contributed by atoms with Crippen molar-refractivity contribution in [2.45, 2.75) is 70.5 Å². The van der Waals surface area contributed by atoms with Gasteiger partial charge in [-0.15, -0.1) is 0 Å². The summed E-state index contributed by atoms with van der Waals surface area (Å²) in [6.45, 7) is 8.68. The molecule has 1 aliphatic heterocycles. The molecule has 0 spiro atoms. The van der Waals surface area contributed by atoms with Crippen molar-refractivity contribution >= 4 is 0 Å². The van der Waals surface area contributed by atoms with E-state index >= 15 is 0 Å². The fourth-order valence-electron chi connectivity index (χ4n) is 3.26. The van der Waals surface area contributed by atoms with Crippen LogP contribution < -0.4 is 5.32 Å². The number of piperidine rings is 1. The standard InChI is InChI=1S/C15H27N3/c1-12(2)17-15(10-16,14-7-8-14)11-18-9-5-4-6-13(18)3/h12-14,17H,4-9,11H2,1-3H3. The van der Waals surface area contributed by atoms with Gasteiger partial charge >= 0.3 is 0 Å². The number of likely N-dealkylation sites (tertiary alicyclic amines) is 1. The van der Waals surface area contributed by atoms with Gasteiger partial charge in [0.2, 0.25) is 0 Å². The summed E-state index contributed by atoms with van der Waals surface area (Å²) in [6.07, 6.45) is 6.36. The topological polar surface area (TPSA) is 39.1 Å². The van der Waals surface area contributed by atoms with Crippen LogP contribution >= 0.6 is 0 Å². The average Bonchev–Trinajstić information content (AvgIpc) is 3.14. The van der Waals surface area contributed by atoms with Crippen LogP contribution in [0.1, 0.15) is 52.9 Å². The van der Waals surface area contributed by atoms with Crippen molar-refractivity contribution in [1.82, 2.24) is 10.2 Å². The Morgan fingerprint density at radius 3 is 2.56 bits per heavy atom. The highest BCUT2D eigenvalue weighted by Crippen LogP contribution is 2.40. The molecule has 0 aromatic heterocycles. The second-order valence-electron chi connectivity index (χ2n) is 6.47. The molecule has 1 N–H and O–H groups in total. The van der Waals surface area contributed by atoms with Gasteiger partial charge in [0.25, 0.3) is 0 Å². The molecule has 2 atom stereocenters. The van der Waals surface area contributed by atoms with Gasteiger partial charge in [-0.25, -0.2) is 0 Å². The highest BCUT2D eigenvalue weighted by molar-refractivity contribution is 5.17. The molecule has 2 aliphatic rings. The minimum atomic E-state index is -0.306. The summed E-state index contributed by atoms with van der Waals surface area (Å²) in [4.78, 5) is 2.53.